The Balaban J connectivity index is 2.24. The zero-order valence-corrected chi connectivity index (χ0v) is 20.7. The Morgan fingerprint density at radius 2 is 1.69 bits per heavy atom. The Kier molecular flexibility index (Phi) is 15.2. The standard InChI is InChI=1S/C27H46O5/c1-4-5-6-9-12-15-22(28)18-19-24-23(25(29)20-26(24)30)16-13-10-7-8-11-14-17-27(31)32-21(2)3/h10,13,21,23-24,26,30H,4-9,11-12,14-20H2,1-3H3/b13-10-/t23?,24-,26?/m1/s1. The number of hydrogen-bond acceptors (Lipinski definition) is 5. The molecule has 3 atom stereocenters. The van der Waals surface area contributed by atoms with Crippen LogP contribution < -0.4 is 0 Å². The topological polar surface area (TPSA) is 80.7 Å². The first-order valence-electron chi connectivity index (χ1n) is 12.9. The van der Waals surface area contributed by atoms with E-state index < -0.39 is 6.10 Å². The first-order valence-corrected chi connectivity index (χ1v) is 12.9. The molecule has 0 heterocycles. The van der Waals surface area contributed by atoms with Gasteiger partial charge in [-0.1, -0.05) is 51.2 Å². The lowest BCUT2D eigenvalue weighted by Gasteiger charge is -2.19. The van der Waals surface area contributed by atoms with Crippen LogP contribution in [0.15, 0.2) is 12.2 Å². The number of carbonyl (C=O) groups is 3. The molecule has 1 aliphatic carbocycles. The van der Waals surface area contributed by atoms with E-state index in [1.54, 1.807) is 0 Å². The highest BCUT2D eigenvalue weighted by Gasteiger charge is 2.40. The van der Waals surface area contributed by atoms with Gasteiger partial charge in [0.2, 0.25) is 0 Å². The SMILES string of the molecule is CCCCCCCC(=O)CC[C@H]1C(O)CC(=O)C1C/C=C\CCCCCC(=O)OC(C)C. The Labute approximate surface area is 195 Å². The van der Waals surface area contributed by atoms with Gasteiger partial charge in [0, 0.05) is 31.6 Å². The normalized spacial score (nSPS) is 21.0. The van der Waals surface area contributed by atoms with E-state index in [4.69, 9.17) is 4.74 Å². The fourth-order valence-corrected chi connectivity index (χ4v) is 4.48. The summed E-state index contributed by atoms with van der Waals surface area (Å²) in [5, 5.41) is 10.3. The third kappa shape index (κ3) is 12.5. The smallest absolute Gasteiger partial charge is 0.306 e. The molecule has 1 fully saturated rings. The summed E-state index contributed by atoms with van der Waals surface area (Å²) in [4.78, 5) is 36.0. The molecule has 184 valence electrons. The molecule has 32 heavy (non-hydrogen) atoms. The Morgan fingerprint density at radius 3 is 2.41 bits per heavy atom. The molecule has 1 rings (SSSR count). The molecule has 1 aliphatic rings. The second-order valence-electron chi connectivity index (χ2n) is 9.59. The van der Waals surface area contributed by atoms with Crippen LogP contribution in [-0.4, -0.2) is 34.9 Å². The van der Waals surface area contributed by atoms with Crippen molar-refractivity contribution < 1.29 is 24.2 Å². The summed E-state index contributed by atoms with van der Waals surface area (Å²) >= 11 is 0. The quantitative estimate of drug-likeness (QED) is 0.155. The lowest BCUT2D eigenvalue weighted by Crippen LogP contribution is -2.21. The van der Waals surface area contributed by atoms with Gasteiger partial charge in [-0.05, 0) is 58.3 Å². The van der Waals surface area contributed by atoms with Crippen LogP contribution in [0.5, 0.6) is 0 Å². The molecule has 1 saturated carbocycles. The molecule has 0 aliphatic heterocycles. The monoisotopic (exact) mass is 450 g/mol. The van der Waals surface area contributed by atoms with Gasteiger partial charge in [-0.3, -0.25) is 14.4 Å². The van der Waals surface area contributed by atoms with Crippen LogP contribution >= 0.6 is 0 Å². The maximum absolute atomic E-state index is 12.3. The predicted molar refractivity (Wildman–Crippen MR) is 128 cm³/mol. The molecule has 0 aromatic rings. The molecular weight excluding hydrogens is 404 g/mol. The third-order valence-corrected chi connectivity index (χ3v) is 6.33. The third-order valence-electron chi connectivity index (χ3n) is 6.33. The van der Waals surface area contributed by atoms with E-state index in [9.17, 15) is 19.5 Å². The Bertz CT molecular complexity index is 581. The zero-order chi connectivity index (χ0) is 23.8. The highest BCUT2D eigenvalue weighted by atomic mass is 16.5. The summed E-state index contributed by atoms with van der Waals surface area (Å²) in [5.74, 6) is 0.00451. The van der Waals surface area contributed by atoms with Crippen molar-refractivity contribution in [1.82, 2.24) is 0 Å². The fourth-order valence-electron chi connectivity index (χ4n) is 4.48. The van der Waals surface area contributed by atoms with E-state index in [1.165, 1.54) is 19.3 Å². The van der Waals surface area contributed by atoms with Gasteiger partial charge in [0.25, 0.3) is 0 Å². The first kappa shape index (κ1) is 28.5. The molecule has 2 unspecified atom stereocenters. The summed E-state index contributed by atoms with van der Waals surface area (Å²) in [5.41, 5.74) is 0. The van der Waals surface area contributed by atoms with E-state index >= 15 is 0 Å². The molecule has 0 saturated heterocycles. The van der Waals surface area contributed by atoms with Crippen LogP contribution in [0.2, 0.25) is 0 Å². The van der Waals surface area contributed by atoms with Crippen LogP contribution in [0.25, 0.3) is 0 Å². The Morgan fingerprint density at radius 1 is 1.00 bits per heavy atom. The van der Waals surface area contributed by atoms with Crippen molar-refractivity contribution in [3.63, 3.8) is 0 Å². The van der Waals surface area contributed by atoms with Crippen molar-refractivity contribution in [3.05, 3.63) is 12.2 Å². The van der Waals surface area contributed by atoms with Crippen LogP contribution in [0, 0.1) is 11.8 Å². The molecule has 0 aromatic carbocycles. The summed E-state index contributed by atoms with van der Waals surface area (Å²) < 4.78 is 5.12. The number of Topliss-reactive ketones (excluding diaryl/α,β-unsaturated/α-hetero) is 2. The van der Waals surface area contributed by atoms with Gasteiger partial charge in [0.05, 0.1) is 12.2 Å². The summed E-state index contributed by atoms with van der Waals surface area (Å²) in [6.07, 6.45) is 16.0. The molecule has 5 nitrogen and oxygen atoms in total. The van der Waals surface area contributed by atoms with Gasteiger partial charge >= 0.3 is 5.97 Å². The molecule has 0 bridgehead atoms. The number of unbranched alkanes of at least 4 members (excludes halogenated alkanes) is 7. The highest BCUT2D eigenvalue weighted by molar-refractivity contribution is 5.84. The second-order valence-corrected chi connectivity index (χ2v) is 9.59. The molecule has 0 aromatic heterocycles. The van der Waals surface area contributed by atoms with Crippen molar-refractivity contribution in [1.29, 1.82) is 0 Å². The predicted octanol–water partition coefficient (Wildman–Crippen LogP) is 6.11. The summed E-state index contributed by atoms with van der Waals surface area (Å²) in [6.45, 7) is 5.89. The number of aliphatic hydroxyl groups excluding tert-OH is 1. The molecule has 5 heteroatoms. The van der Waals surface area contributed by atoms with Crippen LogP contribution in [0.3, 0.4) is 0 Å². The van der Waals surface area contributed by atoms with Gasteiger partial charge in [-0.15, -0.1) is 0 Å². The maximum atomic E-state index is 12.3. The number of hydrogen-bond donors (Lipinski definition) is 1. The van der Waals surface area contributed by atoms with Crippen molar-refractivity contribution in [2.24, 2.45) is 11.8 Å². The van der Waals surface area contributed by atoms with E-state index in [1.807, 2.05) is 13.8 Å². The molecule has 0 amide bonds. The van der Waals surface area contributed by atoms with Gasteiger partial charge in [0.1, 0.15) is 11.6 Å². The van der Waals surface area contributed by atoms with Gasteiger partial charge in [-0.2, -0.15) is 0 Å². The maximum Gasteiger partial charge on any atom is 0.306 e. The second kappa shape index (κ2) is 17.0. The van der Waals surface area contributed by atoms with Gasteiger partial charge in [0.15, 0.2) is 0 Å². The average Bonchev–Trinajstić information content (AvgIpc) is 3.00. The zero-order valence-electron chi connectivity index (χ0n) is 20.7. The molecule has 1 N–H and O–H groups in total. The molecular formula is C27H46O5. The number of aliphatic hydroxyl groups is 1. The van der Waals surface area contributed by atoms with E-state index in [0.29, 0.717) is 32.1 Å². The fraction of sp³-hybridized carbons (Fsp3) is 0.815. The molecule has 0 radical (unpaired) electrons. The number of rotatable bonds is 18. The van der Waals surface area contributed by atoms with Crippen LogP contribution in [0.1, 0.15) is 117 Å². The average molecular weight is 451 g/mol. The lowest BCUT2D eigenvalue weighted by molar-refractivity contribution is -0.147. The highest BCUT2D eigenvalue weighted by Crippen LogP contribution is 2.35. The number of esters is 1. The minimum Gasteiger partial charge on any atom is -0.463 e. The Hall–Kier alpha value is -1.49. The summed E-state index contributed by atoms with van der Waals surface area (Å²) in [6, 6.07) is 0. The van der Waals surface area contributed by atoms with Crippen LogP contribution in [-0.2, 0) is 19.1 Å². The van der Waals surface area contributed by atoms with Crippen LogP contribution in [0.4, 0.5) is 0 Å². The van der Waals surface area contributed by atoms with Crippen molar-refractivity contribution >= 4 is 17.5 Å². The largest absolute Gasteiger partial charge is 0.463 e. The minimum absolute atomic E-state index is 0.0558. The van der Waals surface area contributed by atoms with Crippen molar-refractivity contribution in [3.8, 4) is 0 Å². The van der Waals surface area contributed by atoms with Crippen molar-refractivity contribution in [2.45, 2.75) is 129 Å². The van der Waals surface area contributed by atoms with Crippen molar-refractivity contribution in [2.75, 3.05) is 0 Å². The number of ether oxygens (including phenoxy) is 1. The van der Waals surface area contributed by atoms with E-state index in [2.05, 4.69) is 19.1 Å². The molecule has 0 spiro atoms. The van der Waals surface area contributed by atoms with E-state index in [-0.39, 0.29) is 41.9 Å². The lowest BCUT2D eigenvalue weighted by atomic mass is 9.86. The van der Waals surface area contributed by atoms with E-state index in [0.717, 1.165) is 38.5 Å². The first-order chi connectivity index (χ1) is 15.3. The number of ketones is 2. The van der Waals surface area contributed by atoms with Gasteiger partial charge in [-0.25, -0.2) is 0 Å². The summed E-state index contributed by atoms with van der Waals surface area (Å²) in [7, 11) is 0. The number of carbonyl (C=O) groups excluding carboxylic acids is 3. The number of allylic oxidation sites excluding steroid dienone is 2. The van der Waals surface area contributed by atoms with Gasteiger partial charge < -0.3 is 9.84 Å². The minimum atomic E-state index is -0.608.